The van der Waals surface area contributed by atoms with E-state index in [2.05, 4.69) is 21.2 Å². The van der Waals surface area contributed by atoms with Crippen LogP contribution in [0.5, 0.6) is 0 Å². The molecule has 0 aliphatic carbocycles. The molecule has 2 amide bonds. The van der Waals surface area contributed by atoms with E-state index >= 15 is 0 Å². The number of nitrogens with zero attached hydrogens (tertiary/aromatic N) is 1. The summed E-state index contributed by atoms with van der Waals surface area (Å²) in [6, 6.07) is 7.67. The summed E-state index contributed by atoms with van der Waals surface area (Å²) in [7, 11) is 0. The molecule has 5 heteroatoms. The summed E-state index contributed by atoms with van der Waals surface area (Å²) in [6.07, 6.45) is 3.25. The highest BCUT2D eigenvalue weighted by Crippen LogP contribution is 2.12. The number of rotatable bonds is 2. The van der Waals surface area contributed by atoms with Gasteiger partial charge >= 0.3 is 0 Å². The molecule has 0 aromatic heterocycles. The minimum Gasteiger partial charge on any atom is -0.353 e. The smallest absolute Gasteiger partial charge is 0.247 e. The first-order chi connectivity index (χ1) is 8.65. The van der Waals surface area contributed by atoms with Gasteiger partial charge in [0.15, 0.2) is 0 Å². The van der Waals surface area contributed by atoms with Crippen molar-refractivity contribution >= 4 is 33.8 Å². The van der Waals surface area contributed by atoms with Crippen molar-refractivity contribution in [3.63, 3.8) is 0 Å². The average Bonchev–Trinajstić information content (AvgIpc) is 2.36. The van der Waals surface area contributed by atoms with Crippen molar-refractivity contribution in [3.05, 3.63) is 40.4 Å². The van der Waals surface area contributed by atoms with Gasteiger partial charge in [0.1, 0.15) is 0 Å². The van der Waals surface area contributed by atoms with E-state index in [1.54, 1.807) is 6.08 Å². The highest BCUT2D eigenvalue weighted by atomic mass is 79.9. The maximum atomic E-state index is 11.8. The number of carbonyl (C=O) groups excluding carboxylic acids is 2. The zero-order valence-corrected chi connectivity index (χ0v) is 11.3. The lowest BCUT2D eigenvalue weighted by Gasteiger charge is -2.25. The van der Waals surface area contributed by atoms with Crippen molar-refractivity contribution < 1.29 is 9.59 Å². The van der Waals surface area contributed by atoms with Gasteiger partial charge in [0.2, 0.25) is 11.8 Å². The van der Waals surface area contributed by atoms with Gasteiger partial charge in [-0.2, -0.15) is 0 Å². The lowest BCUT2D eigenvalue weighted by atomic mass is 10.2. The van der Waals surface area contributed by atoms with Crippen molar-refractivity contribution in [3.8, 4) is 0 Å². The summed E-state index contributed by atoms with van der Waals surface area (Å²) in [5.41, 5.74) is 0.944. The molecule has 1 aliphatic rings. The van der Waals surface area contributed by atoms with E-state index in [0.29, 0.717) is 13.1 Å². The second-order valence-electron chi connectivity index (χ2n) is 4.00. The Labute approximate surface area is 114 Å². The number of amides is 2. The molecule has 94 valence electrons. The molecule has 1 aromatic carbocycles. The monoisotopic (exact) mass is 308 g/mol. The van der Waals surface area contributed by atoms with Gasteiger partial charge in [0.05, 0.1) is 6.54 Å². The van der Waals surface area contributed by atoms with Crippen LogP contribution in [0.1, 0.15) is 5.56 Å². The van der Waals surface area contributed by atoms with Crippen molar-refractivity contribution in [2.75, 3.05) is 19.6 Å². The average molecular weight is 309 g/mol. The first kappa shape index (κ1) is 12.8. The van der Waals surface area contributed by atoms with E-state index in [0.717, 1.165) is 10.0 Å². The van der Waals surface area contributed by atoms with Crippen LogP contribution in [0.3, 0.4) is 0 Å². The van der Waals surface area contributed by atoms with E-state index in [4.69, 9.17) is 0 Å². The number of halogens is 1. The molecule has 18 heavy (non-hydrogen) atoms. The van der Waals surface area contributed by atoms with Crippen LogP contribution < -0.4 is 5.32 Å². The van der Waals surface area contributed by atoms with Crippen LogP contribution in [0.2, 0.25) is 0 Å². The summed E-state index contributed by atoms with van der Waals surface area (Å²) in [6.45, 7) is 1.23. The molecule has 1 heterocycles. The molecule has 1 fully saturated rings. The Hall–Kier alpha value is -1.62. The number of piperazine rings is 1. The number of benzene rings is 1. The predicted molar refractivity (Wildman–Crippen MR) is 72.8 cm³/mol. The second-order valence-corrected chi connectivity index (χ2v) is 4.91. The quantitative estimate of drug-likeness (QED) is 0.840. The molecular weight excluding hydrogens is 296 g/mol. The summed E-state index contributed by atoms with van der Waals surface area (Å²) in [4.78, 5) is 24.5. The molecule has 1 N–H and O–H groups in total. The third-order valence-corrected chi connectivity index (χ3v) is 3.11. The van der Waals surface area contributed by atoms with Gasteiger partial charge in [-0.1, -0.05) is 28.1 Å². The maximum Gasteiger partial charge on any atom is 0.247 e. The third kappa shape index (κ3) is 3.43. The molecule has 0 saturated carbocycles. The first-order valence-electron chi connectivity index (χ1n) is 5.64. The van der Waals surface area contributed by atoms with E-state index in [1.807, 2.05) is 24.3 Å². The van der Waals surface area contributed by atoms with Gasteiger partial charge < -0.3 is 10.2 Å². The van der Waals surface area contributed by atoms with Crippen LogP contribution in [0.25, 0.3) is 6.08 Å². The summed E-state index contributed by atoms with van der Waals surface area (Å²) in [5.74, 6) is -0.240. The van der Waals surface area contributed by atoms with E-state index in [9.17, 15) is 9.59 Å². The van der Waals surface area contributed by atoms with Gasteiger partial charge in [-0.15, -0.1) is 0 Å². The Morgan fingerprint density at radius 3 is 3.00 bits per heavy atom. The first-order valence-corrected chi connectivity index (χ1v) is 6.44. The number of hydrogen-bond acceptors (Lipinski definition) is 2. The van der Waals surface area contributed by atoms with Crippen LogP contribution in [0.15, 0.2) is 34.8 Å². The van der Waals surface area contributed by atoms with Gasteiger partial charge in [-0.05, 0) is 23.8 Å². The SMILES string of the molecule is O=C1CN(C(=O)C=Cc2cccc(Br)c2)CCN1. The second kappa shape index (κ2) is 5.82. The standard InChI is InChI=1S/C13H13BrN2O2/c14-11-3-1-2-10(8-11)4-5-13(18)16-7-6-15-12(17)9-16/h1-5,8H,6-7,9H2,(H,15,17). The van der Waals surface area contributed by atoms with Gasteiger partial charge in [-0.25, -0.2) is 0 Å². The topological polar surface area (TPSA) is 49.4 Å². The lowest BCUT2D eigenvalue weighted by Crippen LogP contribution is -2.49. The number of carbonyl (C=O) groups is 2. The van der Waals surface area contributed by atoms with Crippen molar-refractivity contribution in [2.45, 2.75) is 0 Å². The van der Waals surface area contributed by atoms with Gasteiger partial charge in [-0.3, -0.25) is 9.59 Å². The Balaban J connectivity index is 2.00. The Morgan fingerprint density at radius 2 is 2.28 bits per heavy atom. The highest BCUT2D eigenvalue weighted by molar-refractivity contribution is 9.10. The zero-order valence-electron chi connectivity index (χ0n) is 9.73. The van der Waals surface area contributed by atoms with Crippen LogP contribution in [-0.2, 0) is 9.59 Å². The van der Waals surface area contributed by atoms with Crippen LogP contribution in [0, 0.1) is 0 Å². The lowest BCUT2D eigenvalue weighted by molar-refractivity contribution is -0.134. The molecule has 0 bridgehead atoms. The van der Waals surface area contributed by atoms with Crippen LogP contribution >= 0.6 is 15.9 Å². The normalized spacial score (nSPS) is 15.8. The maximum absolute atomic E-state index is 11.8. The Bertz CT molecular complexity index is 500. The molecule has 1 aromatic rings. The summed E-state index contributed by atoms with van der Waals surface area (Å²) in [5, 5.41) is 2.68. The van der Waals surface area contributed by atoms with Crippen LogP contribution in [0.4, 0.5) is 0 Å². The Kier molecular flexibility index (Phi) is 4.15. The number of nitrogens with one attached hydrogen (secondary N) is 1. The predicted octanol–water partition coefficient (Wildman–Crippen LogP) is 1.42. The minimum absolute atomic E-state index is 0.106. The largest absolute Gasteiger partial charge is 0.353 e. The van der Waals surface area contributed by atoms with E-state index in [1.165, 1.54) is 11.0 Å². The molecule has 0 radical (unpaired) electrons. The molecular formula is C13H13BrN2O2. The summed E-state index contributed by atoms with van der Waals surface area (Å²) >= 11 is 3.37. The van der Waals surface area contributed by atoms with Crippen molar-refractivity contribution in [2.24, 2.45) is 0 Å². The molecule has 1 aliphatic heterocycles. The third-order valence-electron chi connectivity index (χ3n) is 2.62. The summed E-state index contributed by atoms with van der Waals surface area (Å²) < 4.78 is 0.967. The molecule has 0 atom stereocenters. The van der Waals surface area contributed by atoms with E-state index in [-0.39, 0.29) is 18.4 Å². The minimum atomic E-state index is -0.134. The molecule has 0 spiro atoms. The fraction of sp³-hybridized carbons (Fsp3) is 0.231. The zero-order chi connectivity index (χ0) is 13.0. The molecule has 2 rings (SSSR count). The van der Waals surface area contributed by atoms with Crippen molar-refractivity contribution in [1.82, 2.24) is 10.2 Å². The molecule has 4 nitrogen and oxygen atoms in total. The fourth-order valence-corrected chi connectivity index (χ4v) is 2.13. The highest BCUT2D eigenvalue weighted by Gasteiger charge is 2.18. The molecule has 0 unspecified atom stereocenters. The molecule has 1 saturated heterocycles. The number of hydrogen-bond donors (Lipinski definition) is 1. The van der Waals surface area contributed by atoms with Gasteiger partial charge in [0, 0.05) is 23.6 Å². The fourth-order valence-electron chi connectivity index (χ4n) is 1.71. The van der Waals surface area contributed by atoms with Gasteiger partial charge in [0.25, 0.3) is 0 Å². The van der Waals surface area contributed by atoms with Crippen molar-refractivity contribution in [1.29, 1.82) is 0 Å². The Morgan fingerprint density at radius 1 is 1.44 bits per heavy atom. The van der Waals surface area contributed by atoms with Crippen LogP contribution in [-0.4, -0.2) is 36.3 Å². The van der Waals surface area contributed by atoms with E-state index < -0.39 is 0 Å².